The molecule has 0 aliphatic carbocycles. The maximum atomic E-state index is 12.7. The summed E-state index contributed by atoms with van der Waals surface area (Å²) in [5.74, 6) is 0.504. The lowest BCUT2D eigenvalue weighted by atomic mass is 10.1. The molecule has 0 bridgehead atoms. The number of nitrogens with zero attached hydrogens (tertiary/aromatic N) is 2. The second kappa shape index (κ2) is 8.40. The Morgan fingerprint density at radius 3 is 2.54 bits per heavy atom. The van der Waals surface area contributed by atoms with Crippen LogP contribution >= 0.6 is 0 Å². The highest BCUT2D eigenvalue weighted by Crippen LogP contribution is 2.22. The monoisotopic (exact) mass is 364 g/mol. The number of rotatable bonds is 5. The Labute approximate surface area is 154 Å². The third kappa shape index (κ3) is 5.62. The van der Waals surface area contributed by atoms with E-state index in [-0.39, 0.29) is 18.9 Å². The highest BCUT2D eigenvalue weighted by atomic mass is 16.6. The zero-order chi connectivity index (χ0) is 19.3. The minimum absolute atomic E-state index is 0.0969. The van der Waals surface area contributed by atoms with Crippen LogP contribution in [-0.2, 0) is 9.53 Å². The first-order chi connectivity index (χ1) is 12.2. The summed E-state index contributed by atoms with van der Waals surface area (Å²) >= 11 is 0. The van der Waals surface area contributed by atoms with Gasteiger partial charge < -0.3 is 19.5 Å². The Balaban J connectivity index is 1.91. The van der Waals surface area contributed by atoms with Crippen LogP contribution in [0.5, 0.6) is 5.75 Å². The van der Waals surface area contributed by atoms with E-state index in [1.165, 1.54) is 9.80 Å². The molecule has 0 saturated carbocycles. The van der Waals surface area contributed by atoms with E-state index < -0.39 is 23.8 Å². The Morgan fingerprint density at radius 2 is 1.92 bits per heavy atom. The van der Waals surface area contributed by atoms with Crippen LogP contribution in [0.2, 0.25) is 0 Å². The summed E-state index contributed by atoms with van der Waals surface area (Å²) < 4.78 is 11.0. The number of hydrogen-bond donors (Lipinski definition) is 1. The van der Waals surface area contributed by atoms with Crippen molar-refractivity contribution in [3.63, 3.8) is 0 Å². The molecular weight excluding hydrogens is 336 g/mol. The molecule has 7 nitrogen and oxygen atoms in total. The maximum absolute atomic E-state index is 12.7. The van der Waals surface area contributed by atoms with Gasteiger partial charge in [0.2, 0.25) is 5.91 Å². The van der Waals surface area contributed by atoms with Crippen LogP contribution in [0.15, 0.2) is 30.3 Å². The van der Waals surface area contributed by atoms with Gasteiger partial charge in [-0.1, -0.05) is 18.2 Å². The van der Waals surface area contributed by atoms with Crippen molar-refractivity contribution >= 4 is 12.0 Å². The molecule has 1 aliphatic rings. The highest BCUT2D eigenvalue weighted by Gasteiger charge is 2.41. The molecule has 26 heavy (non-hydrogen) atoms. The van der Waals surface area contributed by atoms with E-state index in [2.05, 4.69) is 0 Å². The Kier molecular flexibility index (Phi) is 6.47. The zero-order valence-corrected chi connectivity index (χ0v) is 15.8. The molecule has 1 aromatic carbocycles. The molecule has 0 spiro atoms. The number of amides is 2. The Morgan fingerprint density at radius 1 is 1.27 bits per heavy atom. The number of carbonyl (C=O) groups excluding carboxylic acids is 2. The van der Waals surface area contributed by atoms with Gasteiger partial charge in [0.1, 0.15) is 24.0 Å². The fourth-order valence-corrected chi connectivity index (χ4v) is 2.75. The van der Waals surface area contributed by atoms with Crippen molar-refractivity contribution in [1.82, 2.24) is 9.80 Å². The number of likely N-dealkylation sites (tertiary alicyclic amines) is 1. The number of β-amino-alcohol motifs (C(OH)–C–C–N with tert-alkyl or cyclic N) is 1. The predicted molar refractivity (Wildman–Crippen MR) is 96.9 cm³/mol. The second-order valence-electron chi connectivity index (χ2n) is 7.46. The number of hydrogen-bond acceptors (Lipinski definition) is 5. The van der Waals surface area contributed by atoms with Crippen LogP contribution < -0.4 is 4.74 Å². The van der Waals surface area contributed by atoms with E-state index in [9.17, 15) is 14.7 Å². The van der Waals surface area contributed by atoms with Crippen molar-refractivity contribution < 1.29 is 24.2 Å². The summed E-state index contributed by atoms with van der Waals surface area (Å²) in [6.07, 6.45) is -1.10. The fourth-order valence-electron chi connectivity index (χ4n) is 2.75. The van der Waals surface area contributed by atoms with E-state index in [0.717, 1.165) is 5.75 Å². The molecule has 0 radical (unpaired) electrons. The first-order valence-corrected chi connectivity index (χ1v) is 8.78. The largest absolute Gasteiger partial charge is 0.492 e. The Hall–Kier alpha value is -2.28. The fraction of sp³-hybridized carbons (Fsp3) is 0.579. The lowest BCUT2D eigenvalue weighted by Crippen LogP contribution is -2.48. The summed E-state index contributed by atoms with van der Waals surface area (Å²) in [6.45, 7) is 6.11. The van der Waals surface area contributed by atoms with E-state index in [1.54, 1.807) is 27.8 Å². The van der Waals surface area contributed by atoms with Crippen molar-refractivity contribution in [1.29, 1.82) is 0 Å². The summed E-state index contributed by atoms with van der Waals surface area (Å²) in [6, 6.07) is 8.63. The van der Waals surface area contributed by atoms with Crippen LogP contribution in [0.4, 0.5) is 4.79 Å². The van der Waals surface area contributed by atoms with Gasteiger partial charge in [-0.15, -0.1) is 0 Å². The molecule has 0 unspecified atom stereocenters. The number of ether oxygens (including phenoxy) is 2. The molecule has 1 heterocycles. The van der Waals surface area contributed by atoms with Gasteiger partial charge in [0.15, 0.2) is 0 Å². The average molecular weight is 364 g/mol. The number of benzene rings is 1. The van der Waals surface area contributed by atoms with Crippen LogP contribution in [-0.4, -0.2) is 71.4 Å². The maximum Gasteiger partial charge on any atom is 0.411 e. The number of aliphatic hydroxyl groups excluding tert-OH is 1. The third-order valence-electron chi connectivity index (χ3n) is 4.01. The third-order valence-corrected chi connectivity index (χ3v) is 4.01. The van der Waals surface area contributed by atoms with E-state index >= 15 is 0 Å². The van der Waals surface area contributed by atoms with Gasteiger partial charge in [-0.05, 0) is 32.9 Å². The van der Waals surface area contributed by atoms with E-state index in [1.807, 2.05) is 30.3 Å². The molecular formula is C19H28N2O5. The normalized spacial score (nSPS) is 20.0. The molecule has 7 heteroatoms. The highest BCUT2D eigenvalue weighted by molar-refractivity contribution is 5.86. The van der Waals surface area contributed by atoms with E-state index in [4.69, 9.17) is 9.47 Å². The van der Waals surface area contributed by atoms with Gasteiger partial charge in [0.05, 0.1) is 19.2 Å². The summed E-state index contributed by atoms with van der Waals surface area (Å²) in [5, 5.41) is 9.93. The quantitative estimate of drug-likeness (QED) is 0.863. The first kappa shape index (κ1) is 20.0. The number of para-hydroxylation sites is 1. The van der Waals surface area contributed by atoms with Gasteiger partial charge in [-0.25, -0.2) is 4.79 Å². The van der Waals surface area contributed by atoms with Crippen molar-refractivity contribution in [2.45, 2.75) is 44.9 Å². The minimum atomic E-state index is -0.731. The summed E-state index contributed by atoms with van der Waals surface area (Å²) in [7, 11) is 1.66. The number of likely N-dealkylation sites (N-methyl/N-ethyl adjacent to an activating group) is 1. The van der Waals surface area contributed by atoms with Crippen molar-refractivity contribution in [2.75, 3.05) is 26.7 Å². The molecule has 1 saturated heterocycles. The first-order valence-electron chi connectivity index (χ1n) is 8.78. The predicted octanol–water partition coefficient (Wildman–Crippen LogP) is 1.89. The van der Waals surface area contributed by atoms with Crippen molar-refractivity contribution in [2.24, 2.45) is 0 Å². The standard InChI is InChI=1S/C19H28N2O5/c1-19(2,3)26-18(24)21-13-14(22)12-16(21)17(23)20(4)10-11-25-15-8-6-5-7-9-15/h5-9,14,16,22H,10-13H2,1-4H3/t14-,16+/m1/s1. The van der Waals surface area contributed by atoms with Crippen LogP contribution in [0.25, 0.3) is 0 Å². The molecule has 1 N–H and O–H groups in total. The molecule has 1 aromatic rings. The lowest BCUT2D eigenvalue weighted by molar-refractivity contribution is -0.135. The summed E-state index contributed by atoms with van der Waals surface area (Å²) in [4.78, 5) is 27.9. The number of carbonyl (C=O) groups is 2. The lowest BCUT2D eigenvalue weighted by Gasteiger charge is -2.30. The number of aliphatic hydroxyl groups is 1. The molecule has 144 valence electrons. The topological polar surface area (TPSA) is 79.3 Å². The van der Waals surface area contributed by atoms with Crippen LogP contribution in [0.3, 0.4) is 0 Å². The van der Waals surface area contributed by atoms with Crippen molar-refractivity contribution in [3.05, 3.63) is 30.3 Å². The van der Waals surface area contributed by atoms with E-state index in [0.29, 0.717) is 13.2 Å². The molecule has 2 rings (SSSR count). The van der Waals surface area contributed by atoms with Gasteiger partial charge in [0, 0.05) is 13.5 Å². The van der Waals surface area contributed by atoms with Crippen LogP contribution in [0.1, 0.15) is 27.2 Å². The van der Waals surface area contributed by atoms with Crippen molar-refractivity contribution in [3.8, 4) is 5.75 Å². The average Bonchev–Trinajstić information content (AvgIpc) is 2.95. The molecule has 0 aromatic heterocycles. The molecule has 1 aliphatic heterocycles. The van der Waals surface area contributed by atoms with Gasteiger partial charge in [0.25, 0.3) is 0 Å². The summed E-state index contributed by atoms with van der Waals surface area (Å²) in [5.41, 5.74) is -0.659. The molecule has 2 atom stereocenters. The van der Waals surface area contributed by atoms with Gasteiger partial charge in [-0.2, -0.15) is 0 Å². The van der Waals surface area contributed by atoms with Gasteiger partial charge in [-0.3, -0.25) is 9.69 Å². The Bertz CT molecular complexity index is 614. The smallest absolute Gasteiger partial charge is 0.411 e. The SMILES string of the molecule is CN(CCOc1ccccc1)C(=O)[C@@H]1C[C@@H](O)CN1C(=O)OC(C)(C)C. The zero-order valence-electron chi connectivity index (χ0n) is 15.8. The second-order valence-corrected chi connectivity index (χ2v) is 7.46. The molecule has 2 amide bonds. The van der Waals surface area contributed by atoms with Gasteiger partial charge >= 0.3 is 6.09 Å². The minimum Gasteiger partial charge on any atom is -0.492 e. The molecule has 1 fully saturated rings. The van der Waals surface area contributed by atoms with Crippen LogP contribution in [0, 0.1) is 0 Å².